The lowest BCUT2D eigenvalue weighted by molar-refractivity contribution is 0.144. The summed E-state index contributed by atoms with van der Waals surface area (Å²) in [5.74, 6) is 0. The summed E-state index contributed by atoms with van der Waals surface area (Å²) in [6, 6.07) is 0.724. The van der Waals surface area contributed by atoms with Gasteiger partial charge in [-0.2, -0.15) is 0 Å². The second-order valence-corrected chi connectivity index (χ2v) is 6.22. The Balaban J connectivity index is 1.76. The van der Waals surface area contributed by atoms with E-state index in [2.05, 4.69) is 54.5 Å². The van der Waals surface area contributed by atoms with Crippen molar-refractivity contribution in [1.82, 2.24) is 25.2 Å². The number of nitrogens with one attached hydrogen (secondary N) is 1. The molecule has 19 heavy (non-hydrogen) atoms. The molecule has 1 aromatic heterocycles. The van der Waals surface area contributed by atoms with E-state index in [0.717, 1.165) is 37.8 Å². The van der Waals surface area contributed by atoms with Crippen molar-refractivity contribution in [3.63, 3.8) is 0 Å². The predicted molar refractivity (Wildman–Crippen MR) is 76.9 cm³/mol. The minimum absolute atomic E-state index is 0.247. The van der Waals surface area contributed by atoms with Crippen LogP contribution in [0, 0.1) is 0 Å². The summed E-state index contributed by atoms with van der Waals surface area (Å²) in [6.45, 7) is 9.53. The van der Waals surface area contributed by atoms with Gasteiger partial charge in [-0.1, -0.05) is 12.1 Å². The van der Waals surface area contributed by atoms with E-state index in [9.17, 15) is 0 Å². The topological polar surface area (TPSA) is 46.0 Å². The maximum absolute atomic E-state index is 4.21. The normalized spacial score (nSPS) is 16.3. The van der Waals surface area contributed by atoms with Gasteiger partial charge < -0.3 is 5.32 Å². The Kier molecular flexibility index (Phi) is 4.58. The molecule has 0 spiro atoms. The van der Waals surface area contributed by atoms with E-state index < -0.39 is 0 Å². The van der Waals surface area contributed by atoms with Crippen molar-refractivity contribution in [2.75, 3.05) is 13.6 Å². The van der Waals surface area contributed by atoms with Crippen molar-refractivity contribution in [3.05, 3.63) is 11.9 Å². The molecular weight excluding hydrogens is 238 g/mol. The molecule has 5 nitrogen and oxygen atoms in total. The first-order valence-corrected chi connectivity index (χ1v) is 7.35. The predicted octanol–water partition coefficient (Wildman–Crippen LogP) is 1.65. The molecule has 0 radical (unpaired) electrons. The van der Waals surface area contributed by atoms with E-state index in [4.69, 9.17) is 0 Å². The molecule has 0 aromatic carbocycles. The molecule has 108 valence electrons. The first kappa shape index (κ1) is 14.5. The fraction of sp³-hybridized carbons (Fsp3) is 0.857. The van der Waals surface area contributed by atoms with Gasteiger partial charge in [0.1, 0.15) is 0 Å². The highest BCUT2D eigenvalue weighted by Crippen LogP contribution is 2.19. The highest BCUT2D eigenvalue weighted by Gasteiger charge is 2.21. The van der Waals surface area contributed by atoms with E-state index >= 15 is 0 Å². The van der Waals surface area contributed by atoms with E-state index in [1.54, 1.807) is 0 Å². The molecule has 0 amide bonds. The van der Waals surface area contributed by atoms with Crippen molar-refractivity contribution >= 4 is 0 Å². The molecule has 1 heterocycles. The Bertz CT molecular complexity index is 394. The Morgan fingerprint density at radius 2 is 2.21 bits per heavy atom. The average Bonchev–Trinajstić information content (AvgIpc) is 3.12. The van der Waals surface area contributed by atoms with Crippen LogP contribution in [0.5, 0.6) is 0 Å². The Hall–Kier alpha value is -0.940. The monoisotopic (exact) mass is 265 g/mol. The first-order chi connectivity index (χ1) is 9.01. The number of rotatable bonds is 8. The second kappa shape index (κ2) is 6.01. The number of hydrogen-bond donors (Lipinski definition) is 1. The lowest BCUT2D eigenvalue weighted by Crippen LogP contribution is -2.42. The van der Waals surface area contributed by atoms with Crippen LogP contribution in [0.3, 0.4) is 0 Å². The van der Waals surface area contributed by atoms with Crippen LogP contribution in [-0.4, -0.2) is 45.1 Å². The lowest BCUT2D eigenvalue weighted by atomic mass is 10.0. The zero-order valence-electron chi connectivity index (χ0n) is 12.7. The molecule has 1 aliphatic carbocycles. The lowest BCUT2D eigenvalue weighted by Gasteiger charge is -2.34. The van der Waals surface area contributed by atoms with Crippen molar-refractivity contribution in [2.24, 2.45) is 0 Å². The molecule has 1 aromatic rings. The highest BCUT2D eigenvalue weighted by atomic mass is 15.4. The van der Waals surface area contributed by atoms with Crippen LogP contribution in [0.1, 0.15) is 45.7 Å². The van der Waals surface area contributed by atoms with Crippen LogP contribution in [0.25, 0.3) is 0 Å². The Morgan fingerprint density at radius 3 is 2.84 bits per heavy atom. The van der Waals surface area contributed by atoms with Gasteiger partial charge in [-0.25, -0.2) is 0 Å². The molecule has 5 heteroatoms. The van der Waals surface area contributed by atoms with E-state index in [0.29, 0.717) is 0 Å². The molecule has 1 aliphatic rings. The number of nitrogens with zero attached hydrogens (tertiary/aromatic N) is 4. The largest absolute Gasteiger partial charge is 0.308 e. The summed E-state index contributed by atoms with van der Waals surface area (Å²) in [5, 5.41) is 11.9. The number of likely N-dealkylation sites (N-methyl/N-ethyl adjacent to an activating group) is 1. The standard InChI is InChI=1S/C14H27N5/c1-5-14(2,3)18(4)8-9-19-11-13(16-17-19)10-15-12-6-7-12/h11-12,15H,5-10H2,1-4H3. The van der Waals surface area contributed by atoms with Gasteiger partial charge in [0.2, 0.25) is 0 Å². The fourth-order valence-electron chi connectivity index (χ4n) is 1.89. The molecule has 1 N–H and O–H groups in total. The Labute approximate surface area is 116 Å². The Morgan fingerprint density at radius 1 is 1.47 bits per heavy atom. The van der Waals surface area contributed by atoms with Crippen molar-refractivity contribution in [3.8, 4) is 0 Å². The maximum Gasteiger partial charge on any atom is 0.0964 e. The van der Waals surface area contributed by atoms with Crippen LogP contribution in [-0.2, 0) is 13.1 Å². The fourth-order valence-corrected chi connectivity index (χ4v) is 1.89. The summed E-state index contributed by atoms with van der Waals surface area (Å²) >= 11 is 0. The minimum atomic E-state index is 0.247. The van der Waals surface area contributed by atoms with Crippen molar-refractivity contribution in [1.29, 1.82) is 0 Å². The van der Waals surface area contributed by atoms with Gasteiger partial charge in [0.15, 0.2) is 0 Å². The van der Waals surface area contributed by atoms with Crippen molar-refractivity contribution in [2.45, 2.75) is 64.7 Å². The minimum Gasteiger partial charge on any atom is -0.308 e. The smallest absolute Gasteiger partial charge is 0.0964 e. The molecule has 0 bridgehead atoms. The summed E-state index contributed by atoms with van der Waals surface area (Å²) in [4.78, 5) is 2.39. The van der Waals surface area contributed by atoms with E-state index in [1.165, 1.54) is 12.8 Å². The molecule has 1 fully saturated rings. The molecule has 0 unspecified atom stereocenters. The van der Waals surface area contributed by atoms with Crippen LogP contribution >= 0.6 is 0 Å². The summed E-state index contributed by atoms with van der Waals surface area (Å²) in [6.07, 6.45) is 5.83. The van der Waals surface area contributed by atoms with Crippen LogP contribution in [0.15, 0.2) is 6.20 Å². The van der Waals surface area contributed by atoms with Gasteiger partial charge in [0.25, 0.3) is 0 Å². The SMILES string of the molecule is CCC(C)(C)N(C)CCn1cc(CNC2CC2)nn1. The number of aromatic nitrogens is 3. The first-order valence-electron chi connectivity index (χ1n) is 7.35. The van der Waals surface area contributed by atoms with Crippen molar-refractivity contribution < 1.29 is 0 Å². The average molecular weight is 265 g/mol. The van der Waals surface area contributed by atoms with E-state index in [-0.39, 0.29) is 5.54 Å². The molecule has 0 atom stereocenters. The quantitative estimate of drug-likeness (QED) is 0.776. The molecule has 0 saturated heterocycles. The maximum atomic E-state index is 4.21. The van der Waals surface area contributed by atoms with E-state index in [1.807, 2.05) is 4.68 Å². The zero-order chi connectivity index (χ0) is 13.9. The van der Waals surface area contributed by atoms with Crippen LogP contribution < -0.4 is 5.32 Å². The van der Waals surface area contributed by atoms with Crippen LogP contribution in [0.4, 0.5) is 0 Å². The zero-order valence-corrected chi connectivity index (χ0v) is 12.7. The van der Waals surface area contributed by atoms with Gasteiger partial charge in [-0.05, 0) is 40.2 Å². The number of hydrogen-bond acceptors (Lipinski definition) is 4. The van der Waals surface area contributed by atoms with Crippen LogP contribution in [0.2, 0.25) is 0 Å². The third-order valence-corrected chi connectivity index (χ3v) is 4.30. The summed E-state index contributed by atoms with van der Waals surface area (Å²) < 4.78 is 1.95. The third-order valence-electron chi connectivity index (χ3n) is 4.30. The van der Waals surface area contributed by atoms with Gasteiger partial charge in [0.05, 0.1) is 12.2 Å². The third kappa shape index (κ3) is 4.28. The summed E-state index contributed by atoms with van der Waals surface area (Å²) in [7, 11) is 2.18. The molecular formula is C14H27N5. The molecule has 1 saturated carbocycles. The van der Waals surface area contributed by atoms with Gasteiger partial charge in [-0.3, -0.25) is 9.58 Å². The van der Waals surface area contributed by atoms with Gasteiger partial charge in [0, 0.05) is 30.9 Å². The van der Waals surface area contributed by atoms with Gasteiger partial charge in [-0.15, -0.1) is 5.10 Å². The molecule has 0 aliphatic heterocycles. The van der Waals surface area contributed by atoms with Gasteiger partial charge >= 0.3 is 0 Å². The highest BCUT2D eigenvalue weighted by molar-refractivity contribution is 4.94. The molecule has 2 rings (SSSR count). The summed E-state index contributed by atoms with van der Waals surface area (Å²) in [5.41, 5.74) is 1.29. The second-order valence-electron chi connectivity index (χ2n) is 6.22.